The van der Waals surface area contributed by atoms with E-state index in [0.717, 1.165) is 24.9 Å². The zero-order valence-corrected chi connectivity index (χ0v) is 12.2. The van der Waals surface area contributed by atoms with Crippen LogP contribution in [0.15, 0.2) is 23.4 Å². The van der Waals surface area contributed by atoms with Crippen molar-refractivity contribution in [1.29, 1.82) is 0 Å². The molecule has 0 aromatic carbocycles. The molecule has 0 spiro atoms. The minimum Gasteiger partial charge on any atom is -0.313 e. The zero-order chi connectivity index (χ0) is 13.9. The third kappa shape index (κ3) is 3.75. The Kier molecular flexibility index (Phi) is 4.54. The van der Waals surface area contributed by atoms with Gasteiger partial charge >= 0.3 is 0 Å². The molecule has 19 heavy (non-hydrogen) atoms. The molecule has 2 atom stereocenters. The first-order valence-corrected chi connectivity index (χ1v) is 8.23. The normalized spacial score (nSPS) is 22.4. The van der Waals surface area contributed by atoms with E-state index in [0.29, 0.717) is 12.5 Å². The molecule has 0 aliphatic heterocycles. The van der Waals surface area contributed by atoms with Gasteiger partial charge in [0.15, 0.2) is 5.03 Å². The van der Waals surface area contributed by atoms with E-state index in [1.54, 1.807) is 18.3 Å². The second-order valence-electron chi connectivity index (χ2n) is 4.92. The van der Waals surface area contributed by atoms with Crippen LogP contribution in [0.2, 0.25) is 0 Å². The summed E-state index contributed by atoms with van der Waals surface area (Å²) in [5.41, 5.74) is 0.985. The summed E-state index contributed by atoms with van der Waals surface area (Å²) < 4.78 is 26.9. The number of nitrogens with one attached hydrogen (secondary N) is 2. The van der Waals surface area contributed by atoms with E-state index in [1.807, 2.05) is 6.92 Å². The first kappa shape index (κ1) is 14.4. The Hall–Kier alpha value is -0.980. The van der Waals surface area contributed by atoms with Crippen LogP contribution in [0.1, 0.15) is 32.3 Å². The van der Waals surface area contributed by atoms with E-state index in [-0.39, 0.29) is 11.1 Å². The predicted molar refractivity (Wildman–Crippen MR) is 74.1 cm³/mol. The molecule has 106 valence electrons. The van der Waals surface area contributed by atoms with Gasteiger partial charge in [-0.15, -0.1) is 0 Å². The Morgan fingerprint density at radius 1 is 1.37 bits per heavy atom. The van der Waals surface area contributed by atoms with E-state index in [1.165, 1.54) is 0 Å². The summed E-state index contributed by atoms with van der Waals surface area (Å²) in [6, 6.07) is 3.46. The van der Waals surface area contributed by atoms with Crippen LogP contribution in [0.25, 0.3) is 0 Å². The standard InChI is InChI=1S/C13H21N3O2S/c1-3-11-7-12(11)16-19(17,18)13-6-5-10(9-15-13)8-14-4-2/h5-6,9,11-12,14,16H,3-4,7-8H2,1-2H3. The predicted octanol–water partition coefficient (Wildman–Crippen LogP) is 1.27. The van der Waals surface area contributed by atoms with E-state index < -0.39 is 10.0 Å². The average molecular weight is 283 g/mol. The fourth-order valence-electron chi connectivity index (χ4n) is 2.05. The molecular formula is C13H21N3O2S. The number of rotatable bonds is 7. The topological polar surface area (TPSA) is 71.1 Å². The number of sulfonamides is 1. The highest BCUT2D eigenvalue weighted by Crippen LogP contribution is 2.34. The molecule has 1 aliphatic carbocycles. The first-order valence-electron chi connectivity index (χ1n) is 6.74. The third-order valence-electron chi connectivity index (χ3n) is 3.41. The minimum atomic E-state index is -3.46. The molecule has 0 bridgehead atoms. The zero-order valence-electron chi connectivity index (χ0n) is 11.4. The molecule has 2 unspecified atom stereocenters. The van der Waals surface area contributed by atoms with Gasteiger partial charge in [0.25, 0.3) is 10.0 Å². The van der Waals surface area contributed by atoms with Crippen LogP contribution in [0.4, 0.5) is 0 Å². The highest BCUT2D eigenvalue weighted by Gasteiger charge is 2.38. The van der Waals surface area contributed by atoms with Crippen LogP contribution < -0.4 is 10.0 Å². The van der Waals surface area contributed by atoms with Gasteiger partial charge in [-0.05, 0) is 30.5 Å². The summed E-state index contributed by atoms with van der Waals surface area (Å²) in [6.07, 6.45) is 3.57. The Morgan fingerprint density at radius 3 is 2.68 bits per heavy atom. The monoisotopic (exact) mass is 283 g/mol. The largest absolute Gasteiger partial charge is 0.313 e. The highest BCUT2D eigenvalue weighted by molar-refractivity contribution is 7.89. The molecule has 1 heterocycles. The van der Waals surface area contributed by atoms with Gasteiger partial charge in [0.2, 0.25) is 0 Å². The smallest absolute Gasteiger partial charge is 0.258 e. The maximum atomic E-state index is 12.1. The summed E-state index contributed by atoms with van der Waals surface area (Å²) in [4.78, 5) is 4.04. The van der Waals surface area contributed by atoms with Crippen molar-refractivity contribution in [3.05, 3.63) is 23.9 Å². The van der Waals surface area contributed by atoms with Gasteiger partial charge in [0.05, 0.1) is 0 Å². The molecule has 0 radical (unpaired) electrons. The second kappa shape index (κ2) is 5.98. The molecular weight excluding hydrogens is 262 g/mol. The summed E-state index contributed by atoms with van der Waals surface area (Å²) in [5, 5.41) is 3.28. The molecule has 0 amide bonds. The molecule has 1 aromatic rings. The molecule has 0 saturated heterocycles. The fourth-order valence-corrected chi connectivity index (χ4v) is 3.29. The summed E-state index contributed by atoms with van der Waals surface area (Å²) >= 11 is 0. The SMILES string of the molecule is CCNCc1ccc(S(=O)(=O)NC2CC2CC)nc1. The maximum Gasteiger partial charge on any atom is 0.258 e. The van der Waals surface area contributed by atoms with E-state index in [2.05, 4.69) is 21.9 Å². The molecule has 6 heteroatoms. The van der Waals surface area contributed by atoms with Gasteiger partial charge < -0.3 is 5.32 Å². The number of pyridine rings is 1. The number of hydrogen-bond donors (Lipinski definition) is 2. The number of nitrogens with zero attached hydrogens (tertiary/aromatic N) is 1. The van der Waals surface area contributed by atoms with Crippen molar-refractivity contribution in [2.45, 2.75) is 44.3 Å². The van der Waals surface area contributed by atoms with E-state index in [9.17, 15) is 8.42 Å². The Morgan fingerprint density at radius 2 is 2.16 bits per heavy atom. The van der Waals surface area contributed by atoms with Crippen molar-refractivity contribution in [2.24, 2.45) is 5.92 Å². The molecule has 1 saturated carbocycles. The average Bonchev–Trinajstić information content (AvgIpc) is 3.14. The van der Waals surface area contributed by atoms with Crippen LogP contribution in [0.5, 0.6) is 0 Å². The number of aromatic nitrogens is 1. The summed E-state index contributed by atoms with van der Waals surface area (Å²) in [6.45, 7) is 5.68. The Balaban J connectivity index is 2.00. The van der Waals surface area contributed by atoms with Crippen LogP contribution in [-0.2, 0) is 16.6 Å². The van der Waals surface area contributed by atoms with Crippen LogP contribution >= 0.6 is 0 Å². The Bertz CT molecular complexity index is 513. The van der Waals surface area contributed by atoms with Gasteiger partial charge in [0.1, 0.15) is 0 Å². The quantitative estimate of drug-likeness (QED) is 0.790. The summed E-state index contributed by atoms with van der Waals surface area (Å²) in [7, 11) is -3.46. The molecule has 2 rings (SSSR count). The fraction of sp³-hybridized carbons (Fsp3) is 0.615. The third-order valence-corrected chi connectivity index (χ3v) is 4.81. The van der Waals surface area contributed by atoms with Crippen molar-refractivity contribution in [2.75, 3.05) is 6.54 Å². The van der Waals surface area contributed by atoms with Crippen molar-refractivity contribution >= 4 is 10.0 Å². The number of hydrogen-bond acceptors (Lipinski definition) is 4. The lowest BCUT2D eigenvalue weighted by atomic mass is 10.3. The lowest BCUT2D eigenvalue weighted by molar-refractivity contribution is 0.572. The highest BCUT2D eigenvalue weighted by atomic mass is 32.2. The first-order chi connectivity index (χ1) is 9.06. The van der Waals surface area contributed by atoms with Gasteiger partial charge in [0, 0.05) is 18.8 Å². The van der Waals surface area contributed by atoms with Gasteiger partial charge in [-0.3, -0.25) is 0 Å². The van der Waals surface area contributed by atoms with Crippen LogP contribution in [0, 0.1) is 5.92 Å². The molecule has 5 nitrogen and oxygen atoms in total. The molecule has 1 aromatic heterocycles. The van der Waals surface area contributed by atoms with Gasteiger partial charge in [-0.25, -0.2) is 18.1 Å². The minimum absolute atomic E-state index is 0.0956. The molecule has 1 aliphatic rings. The van der Waals surface area contributed by atoms with E-state index in [4.69, 9.17) is 0 Å². The lowest BCUT2D eigenvalue weighted by Crippen LogP contribution is -2.27. The van der Waals surface area contributed by atoms with Crippen molar-refractivity contribution in [3.63, 3.8) is 0 Å². The second-order valence-corrected chi connectivity index (χ2v) is 6.58. The molecule has 2 N–H and O–H groups in total. The van der Waals surface area contributed by atoms with Gasteiger partial charge in [-0.2, -0.15) is 0 Å². The van der Waals surface area contributed by atoms with E-state index >= 15 is 0 Å². The van der Waals surface area contributed by atoms with Crippen LogP contribution in [0.3, 0.4) is 0 Å². The molecule has 1 fully saturated rings. The maximum absolute atomic E-state index is 12.1. The van der Waals surface area contributed by atoms with Crippen molar-refractivity contribution in [1.82, 2.24) is 15.0 Å². The summed E-state index contributed by atoms with van der Waals surface area (Å²) in [5.74, 6) is 0.489. The van der Waals surface area contributed by atoms with Crippen molar-refractivity contribution < 1.29 is 8.42 Å². The lowest BCUT2D eigenvalue weighted by Gasteiger charge is -2.06. The van der Waals surface area contributed by atoms with Crippen molar-refractivity contribution in [3.8, 4) is 0 Å². The Labute approximate surface area is 114 Å². The van der Waals surface area contributed by atoms with Gasteiger partial charge in [-0.1, -0.05) is 26.3 Å². The van der Waals surface area contributed by atoms with Crippen LogP contribution in [-0.4, -0.2) is 26.0 Å².